The van der Waals surface area contributed by atoms with Crippen LogP contribution < -0.4 is 5.32 Å². The van der Waals surface area contributed by atoms with Gasteiger partial charge >= 0.3 is 5.97 Å². The molecule has 114 valence electrons. The van der Waals surface area contributed by atoms with E-state index in [1.165, 1.54) is 16.8 Å². The molecule has 2 unspecified atom stereocenters. The lowest BCUT2D eigenvalue weighted by Gasteiger charge is -2.32. The van der Waals surface area contributed by atoms with E-state index in [2.05, 4.69) is 42.2 Å². The van der Waals surface area contributed by atoms with Crippen molar-refractivity contribution in [2.24, 2.45) is 0 Å². The van der Waals surface area contributed by atoms with Crippen LogP contribution >= 0.6 is 0 Å². The third kappa shape index (κ3) is 3.14. The number of carbonyl (C=O) groups is 1. The maximum atomic E-state index is 11.5. The van der Waals surface area contributed by atoms with Gasteiger partial charge in [0.1, 0.15) is 6.10 Å². The predicted molar refractivity (Wildman–Crippen MR) is 89.9 cm³/mol. The van der Waals surface area contributed by atoms with Gasteiger partial charge in [0.05, 0.1) is 6.04 Å². The van der Waals surface area contributed by atoms with Crippen LogP contribution in [0.1, 0.15) is 25.7 Å². The van der Waals surface area contributed by atoms with Gasteiger partial charge in [0.15, 0.2) is 0 Å². The van der Waals surface area contributed by atoms with Crippen LogP contribution in [0.5, 0.6) is 0 Å². The molecular formula is C19H21NO2. The summed E-state index contributed by atoms with van der Waals surface area (Å²) in [5.41, 5.74) is 1.10. The Hall–Kier alpha value is -2.29. The largest absolute Gasteiger partial charge is 0.457 e. The summed E-state index contributed by atoms with van der Waals surface area (Å²) in [6.45, 7) is 3.48. The van der Waals surface area contributed by atoms with Crippen LogP contribution in [0.3, 0.4) is 0 Å². The standard InChI is InChI=1S/C19H21NO2/c1-2-19(21)22-18-13-6-5-11-17(18)20-16-12-7-9-14-8-3-4-10-15(14)16/h2-4,7-10,12,17-18,20H,1,5-6,11,13H2. The van der Waals surface area contributed by atoms with E-state index in [1.807, 2.05) is 12.1 Å². The molecule has 0 spiro atoms. The Bertz CT molecular complexity index is 675. The average Bonchev–Trinajstić information content (AvgIpc) is 2.57. The zero-order valence-electron chi connectivity index (χ0n) is 12.6. The van der Waals surface area contributed by atoms with E-state index in [-0.39, 0.29) is 18.1 Å². The summed E-state index contributed by atoms with van der Waals surface area (Å²) in [4.78, 5) is 11.5. The molecule has 0 radical (unpaired) electrons. The Labute approximate surface area is 131 Å². The fraction of sp³-hybridized carbons (Fsp3) is 0.316. The van der Waals surface area contributed by atoms with Crippen LogP contribution in [0.25, 0.3) is 10.8 Å². The van der Waals surface area contributed by atoms with Gasteiger partial charge in [-0.3, -0.25) is 0 Å². The molecular weight excluding hydrogens is 274 g/mol. The summed E-state index contributed by atoms with van der Waals surface area (Å²) in [5.74, 6) is -0.336. The number of fused-ring (bicyclic) bond motifs is 1. The summed E-state index contributed by atoms with van der Waals surface area (Å²) in [7, 11) is 0. The van der Waals surface area contributed by atoms with Crippen molar-refractivity contribution in [3.05, 3.63) is 55.1 Å². The molecule has 2 atom stereocenters. The van der Waals surface area contributed by atoms with Crippen molar-refractivity contribution in [3.63, 3.8) is 0 Å². The molecule has 0 bridgehead atoms. The molecule has 0 heterocycles. The lowest BCUT2D eigenvalue weighted by Crippen LogP contribution is -2.39. The van der Waals surface area contributed by atoms with Crippen LogP contribution in [0, 0.1) is 0 Å². The molecule has 1 aliphatic carbocycles. The number of carbonyl (C=O) groups excluding carboxylic acids is 1. The van der Waals surface area contributed by atoms with Gasteiger partial charge in [0.25, 0.3) is 0 Å². The SMILES string of the molecule is C=CC(=O)OC1CCCCC1Nc1cccc2ccccc12. The maximum absolute atomic E-state index is 11.5. The summed E-state index contributed by atoms with van der Waals surface area (Å²) in [6.07, 6.45) is 5.33. The number of esters is 1. The van der Waals surface area contributed by atoms with Gasteiger partial charge in [-0.15, -0.1) is 0 Å². The third-order valence-corrected chi connectivity index (χ3v) is 4.27. The molecule has 1 saturated carbocycles. The van der Waals surface area contributed by atoms with Crippen molar-refractivity contribution in [2.45, 2.75) is 37.8 Å². The van der Waals surface area contributed by atoms with Crippen molar-refractivity contribution in [2.75, 3.05) is 5.32 Å². The molecule has 2 aromatic rings. The molecule has 22 heavy (non-hydrogen) atoms. The number of rotatable bonds is 4. The third-order valence-electron chi connectivity index (χ3n) is 4.27. The van der Waals surface area contributed by atoms with Crippen LogP contribution in [0.4, 0.5) is 5.69 Å². The molecule has 0 aromatic heterocycles. The van der Waals surface area contributed by atoms with Crippen molar-refractivity contribution < 1.29 is 9.53 Å². The van der Waals surface area contributed by atoms with Gasteiger partial charge in [0.2, 0.25) is 0 Å². The first-order chi connectivity index (χ1) is 10.8. The Balaban J connectivity index is 1.82. The highest BCUT2D eigenvalue weighted by molar-refractivity contribution is 5.93. The van der Waals surface area contributed by atoms with E-state index in [4.69, 9.17) is 4.74 Å². The summed E-state index contributed by atoms with van der Waals surface area (Å²) < 4.78 is 5.52. The van der Waals surface area contributed by atoms with E-state index in [9.17, 15) is 4.79 Å². The second kappa shape index (κ2) is 6.65. The molecule has 3 heteroatoms. The summed E-state index contributed by atoms with van der Waals surface area (Å²) >= 11 is 0. The highest BCUT2D eigenvalue weighted by atomic mass is 16.5. The summed E-state index contributed by atoms with van der Waals surface area (Å²) in [6, 6.07) is 14.7. The zero-order chi connectivity index (χ0) is 15.4. The number of hydrogen-bond acceptors (Lipinski definition) is 3. The molecule has 1 N–H and O–H groups in total. The second-order valence-corrected chi connectivity index (χ2v) is 5.74. The monoisotopic (exact) mass is 295 g/mol. The minimum absolute atomic E-state index is 0.0850. The van der Waals surface area contributed by atoms with E-state index in [0.717, 1.165) is 31.4 Å². The topological polar surface area (TPSA) is 38.3 Å². The van der Waals surface area contributed by atoms with Crippen LogP contribution in [0.2, 0.25) is 0 Å². The molecule has 0 saturated heterocycles. The van der Waals surface area contributed by atoms with Crippen LogP contribution in [0.15, 0.2) is 55.1 Å². The number of ether oxygens (including phenoxy) is 1. The lowest BCUT2D eigenvalue weighted by atomic mass is 9.92. The minimum Gasteiger partial charge on any atom is -0.457 e. The molecule has 2 aromatic carbocycles. The van der Waals surface area contributed by atoms with Gasteiger partial charge in [-0.25, -0.2) is 4.79 Å². The van der Waals surface area contributed by atoms with Crippen molar-refractivity contribution in [3.8, 4) is 0 Å². The van der Waals surface area contributed by atoms with E-state index < -0.39 is 0 Å². The molecule has 0 aliphatic heterocycles. The first kappa shape index (κ1) is 14.6. The van der Waals surface area contributed by atoms with Gasteiger partial charge in [-0.1, -0.05) is 49.4 Å². The smallest absolute Gasteiger partial charge is 0.330 e. The normalized spacial score (nSPS) is 21.3. The van der Waals surface area contributed by atoms with Gasteiger partial charge in [-0.2, -0.15) is 0 Å². The predicted octanol–water partition coefficient (Wildman–Crippen LogP) is 4.29. The van der Waals surface area contributed by atoms with Crippen LogP contribution in [-0.2, 0) is 9.53 Å². The average molecular weight is 295 g/mol. The fourth-order valence-electron chi connectivity index (χ4n) is 3.15. The van der Waals surface area contributed by atoms with Crippen molar-refractivity contribution in [1.29, 1.82) is 0 Å². The molecule has 1 fully saturated rings. The van der Waals surface area contributed by atoms with Crippen molar-refractivity contribution >= 4 is 22.4 Å². The number of anilines is 1. The highest BCUT2D eigenvalue weighted by Gasteiger charge is 2.28. The second-order valence-electron chi connectivity index (χ2n) is 5.74. The lowest BCUT2D eigenvalue weighted by molar-refractivity contribution is -0.144. The molecule has 3 rings (SSSR count). The fourth-order valence-corrected chi connectivity index (χ4v) is 3.15. The first-order valence-corrected chi connectivity index (χ1v) is 7.85. The first-order valence-electron chi connectivity index (χ1n) is 7.85. The Morgan fingerprint density at radius 1 is 1.14 bits per heavy atom. The molecule has 3 nitrogen and oxygen atoms in total. The van der Waals surface area contributed by atoms with E-state index >= 15 is 0 Å². The van der Waals surface area contributed by atoms with Gasteiger partial charge in [0, 0.05) is 17.1 Å². The Kier molecular flexibility index (Phi) is 4.42. The van der Waals surface area contributed by atoms with Crippen LogP contribution in [-0.4, -0.2) is 18.1 Å². The highest BCUT2D eigenvalue weighted by Crippen LogP contribution is 2.28. The molecule has 1 aliphatic rings. The minimum atomic E-state index is -0.336. The Morgan fingerprint density at radius 3 is 2.77 bits per heavy atom. The van der Waals surface area contributed by atoms with E-state index in [1.54, 1.807) is 0 Å². The number of hydrogen-bond donors (Lipinski definition) is 1. The van der Waals surface area contributed by atoms with Gasteiger partial charge < -0.3 is 10.1 Å². The Morgan fingerprint density at radius 2 is 1.91 bits per heavy atom. The van der Waals surface area contributed by atoms with Gasteiger partial charge in [-0.05, 0) is 30.7 Å². The van der Waals surface area contributed by atoms with E-state index in [0.29, 0.717) is 0 Å². The maximum Gasteiger partial charge on any atom is 0.330 e. The quantitative estimate of drug-likeness (QED) is 0.675. The zero-order valence-corrected chi connectivity index (χ0v) is 12.6. The number of nitrogens with one attached hydrogen (secondary N) is 1. The number of benzene rings is 2. The molecule has 0 amide bonds. The van der Waals surface area contributed by atoms with Crippen molar-refractivity contribution in [1.82, 2.24) is 0 Å². The summed E-state index contributed by atoms with van der Waals surface area (Å²) in [5, 5.41) is 6.00.